The number of benzene rings is 1. The van der Waals surface area contributed by atoms with E-state index in [-0.39, 0.29) is 5.91 Å². The van der Waals surface area contributed by atoms with Gasteiger partial charge in [0.25, 0.3) is 0 Å². The third kappa shape index (κ3) is 2.99. The third-order valence-electron chi connectivity index (χ3n) is 1.62. The van der Waals surface area contributed by atoms with Crippen LogP contribution in [0.4, 0.5) is 0 Å². The van der Waals surface area contributed by atoms with Gasteiger partial charge < -0.3 is 9.46 Å². The number of hydrogen-bond acceptors (Lipinski definition) is 3. The zero-order valence-corrected chi connectivity index (χ0v) is 8.17. The summed E-state index contributed by atoms with van der Waals surface area (Å²) in [6.45, 7) is 0. The fraction of sp³-hybridized carbons (Fsp3) is 0.222. The van der Waals surface area contributed by atoms with Crippen LogP contribution in [-0.2, 0) is 11.2 Å². The Labute approximate surface area is 82.6 Å². The largest absolute Gasteiger partial charge is 0.497 e. The van der Waals surface area contributed by atoms with E-state index in [1.165, 1.54) is 0 Å². The molecule has 1 amide bonds. The smallest absolute Gasteiger partial charge is 0.234 e. The van der Waals surface area contributed by atoms with Gasteiger partial charge >= 0.3 is 0 Å². The van der Waals surface area contributed by atoms with E-state index in [9.17, 15) is 4.79 Å². The maximum absolute atomic E-state index is 11.0. The van der Waals surface area contributed by atoms with Gasteiger partial charge in [0.05, 0.1) is 13.5 Å². The summed E-state index contributed by atoms with van der Waals surface area (Å²) in [7, 11) is 1.60. The average molecular weight is 197 g/mol. The monoisotopic (exact) mass is 197 g/mol. The molecule has 0 atom stereocenters. The quantitative estimate of drug-likeness (QED) is 0.714. The lowest BCUT2D eigenvalue weighted by Crippen LogP contribution is -2.14. The summed E-state index contributed by atoms with van der Waals surface area (Å²) in [4.78, 5) is 11.0. The van der Waals surface area contributed by atoms with Crippen molar-refractivity contribution >= 4 is 18.7 Å². The molecule has 1 aromatic carbocycles. The van der Waals surface area contributed by atoms with Crippen LogP contribution in [0.1, 0.15) is 5.56 Å². The van der Waals surface area contributed by atoms with Gasteiger partial charge in [0.1, 0.15) is 5.75 Å². The van der Waals surface area contributed by atoms with Crippen molar-refractivity contribution in [2.75, 3.05) is 7.11 Å². The Kier molecular flexibility index (Phi) is 3.64. The molecule has 0 spiro atoms. The lowest BCUT2D eigenvalue weighted by atomic mass is 10.1. The summed E-state index contributed by atoms with van der Waals surface area (Å²) >= 11 is 3.66. The Bertz CT molecular complexity index is 301. The fourth-order valence-electron chi connectivity index (χ4n) is 1.01. The molecular formula is C9H11NO2S. The molecule has 3 nitrogen and oxygen atoms in total. The number of carbonyl (C=O) groups is 1. The van der Waals surface area contributed by atoms with Gasteiger partial charge in [0, 0.05) is 0 Å². The van der Waals surface area contributed by atoms with E-state index in [2.05, 4.69) is 17.5 Å². The maximum Gasteiger partial charge on any atom is 0.234 e. The van der Waals surface area contributed by atoms with Crippen LogP contribution >= 0.6 is 12.8 Å². The summed E-state index contributed by atoms with van der Waals surface area (Å²) < 4.78 is 7.28. The third-order valence-corrected chi connectivity index (χ3v) is 1.87. The molecule has 0 aliphatic carbocycles. The number of amides is 1. The number of nitrogens with one attached hydrogen (secondary N) is 1. The van der Waals surface area contributed by atoms with Gasteiger partial charge in [-0.25, -0.2) is 0 Å². The molecule has 0 heterocycles. The van der Waals surface area contributed by atoms with Gasteiger partial charge in [-0.15, -0.1) is 0 Å². The average Bonchev–Trinajstić information content (AvgIpc) is 2.18. The van der Waals surface area contributed by atoms with E-state index >= 15 is 0 Å². The number of thiol groups is 1. The lowest BCUT2D eigenvalue weighted by Gasteiger charge is -2.02. The van der Waals surface area contributed by atoms with Gasteiger partial charge in [-0.1, -0.05) is 24.9 Å². The molecule has 13 heavy (non-hydrogen) atoms. The number of carbonyl (C=O) groups excluding carboxylic acids is 1. The van der Waals surface area contributed by atoms with Crippen LogP contribution in [0.3, 0.4) is 0 Å². The SMILES string of the molecule is COc1cccc(CC(=O)NS)c1. The predicted octanol–water partition coefficient (Wildman–Crippen LogP) is 1.20. The number of ether oxygens (including phenoxy) is 1. The molecule has 0 aliphatic heterocycles. The normalized spacial score (nSPS) is 9.38. The number of methoxy groups -OCH3 is 1. The van der Waals surface area contributed by atoms with Crippen molar-refractivity contribution in [3.05, 3.63) is 29.8 Å². The molecule has 4 heteroatoms. The first-order valence-corrected chi connectivity index (χ1v) is 4.27. The molecular weight excluding hydrogens is 186 g/mol. The summed E-state index contributed by atoms with van der Waals surface area (Å²) in [5.74, 6) is 0.626. The first-order chi connectivity index (χ1) is 6.26. The molecule has 0 fully saturated rings. The molecule has 0 unspecified atom stereocenters. The van der Waals surface area contributed by atoms with Crippen LogP contribution in [0.5, 0.6) is 5.75 Å². The van der Waals surface area contributed by atoms with E-state index in [1.54, 1.807) is 7.11 Å². The summed E-state index contributed by atoms with van der Waals surface area (Å²) in [5.41, 5.74) is 0.908. The van der Waals surface area contributed by atoms with Crippen LogP contribution in [0, 0.1) is 0 Å². The zero-order chi connectivity index (χ0) is 9.68. The molecule has 0 saturated carbocycles. The molecule has 0 saturated heterocycles. The van der Waals surface area contributed by atoms with Crippen molar-refractivity contribution in [3.63, 3.8) is 0 Å². The van der Waals surface area contributed by atoms with Gasteiger partial charge in [-0.2, -0.15) is 0 Å². The van der Waals surface area contributed by atoms with Gasteiger partial charge in [0.2, 0.25) is 5.91 Å². The first-order valence-electron chi connectivity index (χ1n) is 3.82. The second-order valence-corrected chi connectivity index (χ2v) is 2.79. The van der Waals surface area contributed by atoms with E-state index < -0.39 is 0 Å². The highest BCUT2D eigenvalue weighted by molar-refractivity contribution is 7.78. The summed E-state index contributed by atoms with van der Waals surface area (Å²) in [6.07, 6.45) is 0.320. The molecule has 0 bridgehead atoms. The van der Waals surface area contributed by atoms with Crippen molar-refractivity contribution in [1.29, 1.82) is 0 Å². The fourth-order valence-corrected chi connectivity index (χ4v) is 1.09. The minimum atomic E-state index is -0.128. The van der Waals surface area contributed by atoms with Crippen LogP contribution in [-0.4, -0.2) is 13.0 Å². The van der Waals surface area contributed by atoms with Crippen LogP contribution in [0.2, 0.25) is 0 Å². The molecule has 1 rings (SSSR count). The Hall–Kier alpha value is -1.16. The van der Waals surface area contributed by atoms with Crippen molar-refractivity contribution in [2.45, 2.75) is 6.42 Å². The Morgan fingerprint density at radius 3 is 3.00 bits per heavy atom. The van der Waals surface area contributed by atoms with E-state index in [4.69, 9.17) is 4.74 Å². The highest BCUT2D eigenvalue weighted by Gasteiger charge is 2.01. The Balaban J connectivity index is 2.71. The first kappa shape index (κ1) is 9.92. The van der Waals surface area contributed by atoms with Crippen LogP contribution in [0.15, 0.2) is 24.3 Å². The van der Waals surface area contributed by atoms with E-state index in [0.717, 1.165) is 11.3 Å². The molecule has 0 aliphatic rings. The lowest BCUT2D eigenvalue weighted by molar-refractivity contribution is -0.118. The Morgan fingerprint density at radius 1 is 1.62 bits per heavy atom. The van der Waals surface area contributed by atoms with Crippen LogP contribution in [0.25, 0.3) is 0 Å². The van der Waals surface area contributed by atoms with Gasteiger partial charge in [-0.05, 0) is 17.7 Å². The van der Waals surface area contributed by atoms with Gasteiger partial charge in [-0.3, -0.25) is 4.79 Å². The predicted molar refractivity (Wildman–Crippen MR) is 53.8 cm³/mol. The number of rotatable bonds is 3. The van der Waals surface area contributed by atoms with Crippen molar-refractivity contribution in [1.82, 2.24) is 4.72 Å². The van der Waals surface area contributed by atoms with E-state index in [1.807, 2.05) is 24.3 Å². The Morgan fingerprint density at radius 2 is 2.38 bits per heavy atom. The molecule has 70 valence electrons. The van der Waals surface area contributed by atoms with E-state index in [0.29, 0.717) is 6.42 Å². The van der Waals surface area contributed by atoms with Crippen molar-refractivity contribution < 1.29 is 9.53 Å². The summed E-state index contributed by atoms with van der Waals surface area (Å²) in [6, 6.07) is 7.37. The standard InChI is InChI=1S/C9H11NO2S/c1-12-8-4-2-3-7(5-8)6-9(11)10-13/h2-5,13H,6H2,1H3,(H,10,11). The second kappa shape index (κ2) is 4.77. The highest BCUT2D eigenvalue weighted by Crippen LogP contribution is 2.12. The maximum atomic E-state index is 11.0. The highest BCUT2D eigenvalue weighted by atomic mass is 32.1. The minimum Gasteiger partial charge on any atom is -0.497 e. The van der Waals surface area contributed by atoms with Gasteiger partial charge in [0.15, 0.2) is 0 Å². The molecule has 1 N–H and O–H groups in total. The minimum absolute atomic E-state index is 0.128. The van der Waals surface area contributed by atoms with Crippen molar-refractivity contribution in [3.8, 4) is 5.75 Å². The number of hydrogen-bond donors (Lipinski definition) is 2. The molecule has 0 aromatic heterocycles. The zero-order valence-electron chi connectivity index (χ0n) is 7.28. The molecule has 1 aromatic rings. The van der Waals surface area contributed by atoms with Crippen molar-refractivity contribution in [2.24, 2.45) is 0 Å². The summed E-state index contributed by atoms with van der Waals surface area (Å²) in [5, 5.41) is 0. The van der Waals surface area contributed by atoms with Crippen LogP contribution < -0.4 is 9.46 Å². The second-order valence-electron chi connectivity index (χ2n) is 2.56. The topological polar surface area (TPSA) is 38.3 Å². The molecule has 0 radical (unpaired) electrons.